The summed E-state index contributed by atoms with van der Waals surface area (Å²) in [6, 6.07) is 20.1. The van der Waals surface area contributed by atoms with Crippen LogP contribution in [0, 0.1) is 6.92 Å². The maximum Gasteiger partial charge on any atom is 0.253 e. The van der Waals surface area contributed by atoms with Crippen LogP contribution in [0.1, 0.15) is 22.8 Å². The van der Waals surface area contributed by atoms with Crippen molar-refractivity contribution < 1.29 is 14.6 Å². The number of amides is 1. The number of para-hydroxylation sites is 1. The molecule has 26 heavy (non-hydrogen) atoms. The Labute approximate surface area is 152 Å². The molecule has 132 valence electrons. The number of aryl methyl sites for hydroxylation is 1. The van der Waals surface area contributed by atoms with Crippen molar-refractivity contribution in [1.82, 2.24) is 10.3 Å². The van der Waals surface area contributed by atoms with E-state index >= 15 is 0 Å². The van der Waals surface area contributed by atoms with Gasteiger partial charge < -0.3 is 15.2 Å². The number of nitrogens with zero attached hydrogens (tertiary/aromatic N) is 1. The van der Waals surface area contributed by atoms with E-state index in [0.717, 1.165) is 11.1 Å². The summed E-state index contributed by atoms with van der Waals surface area (Å²) >= 11 is 0. The summed E-state index contributed by atoms with van der Waals surface area (Å²) in [6.07, 6.45) is 0.422. The molecule has 5 nitrogen and oxygen atoms in total. The molecule has 0 unspecified atom stereocenters. The van der Waals surface area contributed by atoms with Crippen molar-refractivity contribution in [1.29, 1.82) is 0 Å². The smallest absolute Gasteiger partial charge is 0.253 e. The first-order valence-corrected chi connectivity index (χ1v) is 8.33. The molecule has 0 bridgehead atoms. The molecular weight excluding hydrogens is 328 g/mol. The molecule has 3 aromatic rings. The molecule has 0 saturated heterocycles. The van der Waals surface area contributed by atoms with Crippen LogP contribution in [0.3, 0.4) is 0 Å². The first-order chi connectivity index (χ1) is 12.6. The zero-order valence-electron chi connectivity index (χ0n) is 14.4. The second-order valence-electron chi connectivity index (χ2n) is 5.87. The van der Waals surface area contributed by atoms with Crippen LogP contribution in [-0.4, -0.2) is 16.0 Å². The number of benzene rings is 2. The summed E-state index contributed by atoms with van der Waals surface area (Å²) in [4.78, 5) is 16.5. The lowest BCUT2D eigenvalue weighted by Gasteiger charge is -2.14. The van der Waals surface area contributed by atoms with E-state index in [4.69, 9.17) is 4.74 Å². The Morgan fingerprint density at radius 1 is 1.08 bits per heavy atom. The van der Waals surface area contributed by atoms with Crippen molar-refractivity contribution in [3.05, 3.63) is 89.6 Å². The van der Waals surface area contributed by atoms with Crippen molar-refractivity contribution >= 4 is 5.91 Å². The summed E-state index contributed by atoms with van der Waals surface area (Å²) in [5.74, 6) is 0.668. The van der Waals surface area contributed by atoms with Crippen molar-refractivity contribution in [3.8, 4) is 11.6 Å². The summed E-state index contributed by atoms with van der Waals surface area (Å²) in [7, 11) is 0. The minimum absolute atomic E-state index is 0.206. The van der Waals surface area contributed by atoms with Crippen LogP contribution in [0.2, 0.25) is 0 Å². The van der Waals surface area contributed by atoms with Crippen LogP contribution in [0.4, 0.5) is 0 Å². The largest absolute Gasteiger partial charge is 0.438 e. The van der Waals surface area contributed by atoms with Gasteiger partial charge in [0.05, 0.1) is 0 Å². The van der Waals surface area contributed by atoms with Crippen LogP contribution >= 0.6 is 0 Å². The average Bonchev–Trinajstić information content (AvgIpc) is 2.69. The number of ether oxygens (including phenoxy) is 1. The Morgan fingerprint density at radius 3 is 2.58 bits per heavy atom. The van der Waals surface area contributed by atoms with Gasteiger partial charge in [0.1, 0.15) is 5.75 Å². The minimum Gasteiger partial charge on any atom is -0.438 e. The Balaban J connectivity index is 1.69. The molecule has 0 aliphatic rings. The third kappa shape index (κ3) is 4.26. The van der Waals surface area contributed by atoms with Gasteiger partial charge in [-0.05, 0) is 30.2 Å². The van der Waals surface area contributed by atoms with E-state index in [0.29, 0.717) is 17.2 Å². The molecule has 0 fully saturated rings. The monoisotopic (exact) mass is 348 g/mol. The number of aromatic nitrogens is 1. The lowest BCUT2D eigenvalue weighted by atomic mass is 10.1. The molecule has 0 saturated carbocycles. The number of hydrogen-bond donors (Lipinski definition) is 2. The van der Waals surface area contributed by atoms with Gasteiger partial charge in [0.25, 0.3) is 5.91 Å². The molecule has 0 radical (unpaired) electrons. The van der Waals surface area contributed by atoms with Crippen LogP contribution in [-0.2, 0) is 11.3 Å². The fourth-order valence-electron chi connectivity index (χ4n) is 2.49. The highest BCUT2D eigenvalue weighted by atomic mass is 16.5. The summed E-state index contributed by atoms with van der Waals surface area (Å²) in [5.41, 5.74) is 2.27. The summed E-state index contributed by atoms with van der Waals surface area (Å²) in [5, 5.41) is 12.9. The van der Waals surface area contributed by atoms with Gasteiger partial charge in [0.2, 0.25) is 5.88 Å². The maximum absolute atomic E-state index is 12.2. The Bertz CT molecular complexity index is 881. The van der Waals surface area contributed by atoms with Gasteiger partial charge in [0, 0.05) is 18.3 Å². The molecule has 1 atom stereocenters. The predicted molar refractivity (Wildman–Crippen MR) is 98.7 cm³/mol. The fraction of sp³-hybridized carbons (Fsp3) is 0.143. The second kappa shape index (κ2) is 8.27. The van der Waals surface area contributed by atoms with E-state index < -0.39 is 12.0 Å². The third-order valence-electron chi connectivity index (χ3n) is 3.97. The number of carbonyl (C=O) groups excluding carboxylic acids is 1. The minimum atomic E-state index is -1.21. The Hall–Kier alpha value is -3.18. The number of nitrogens with one attached hydrogen (secondary N) is 1. The summed E-state index contributed by atoms with van der Waals surface area (Å²) < 4.78 is 5.89. The van der Waals surface area contributed by atoms with Gasteiger partial charge in [-0.3, -0.25) is 4.79 Å². The fourth-order valence-corrected chi connectivity index (χ4v) is 2.49. The van der Waals surface area contributed by atoms with Crippen molar-refractivity contribution in [2.45, 2.75) is 19.6 Å². The zero-order chi connectivity index (χ0) is 18.4. The molecule has 2 aromatic carbocycles. The second-order valence-corrected chi connectivity index (χ2v) is 5.87. The van der Waals surface area contributed by atoms with E-state index in [9.17, 15) is 9.90 Å². The number of carbonyl (C=O) groups is 1. The summed E-state index contributed by atoms with van der Waals surface area (Å²) in [6.45, 7) is 2.16. The zero-order valence-corrected chi connectivity index (χ0v) is 14.4. The van der Waals surface area contributed by atoms with Gasteiger partial charge in [0.15, 0.2) is 6.10 Å². The topological polar surface area (TPSA) is 71.5 Å². The lowest BCUT2D eigenvalue weighted by molar-refractivity contribution is -0.129. The first-order valence-electron chi connectivity index (χ1n) is 8.33. The molecule has 0 aliphatic carbocycles. The molecule has 2 N–H and O–H groups in total. The van der Waals surface area contributed by atoms with E-state index in [1.165, 1.54) is 0 Å². The molecule has 1 heterocycles. The van der Waals surface area contributed by atoms with Gasteiger partial charge in [-0.2, -0.15) is 0 Å². The number of hydrogen-bond acceptors (Lipinski definition) is 4. The number of rotatable bonds is 6. The first kappa shape index (κ1) is 17.6. The van der Waals surface area contributed by atoms with Gasteiger partial charge in [-0.1, -0.05) is 54.6 Å². The standard InChI is InChI=1S/C21H20N2O3/c1-15-8-5-6-12-18(15)26-21-17(11-7-13-22-21)14-23-20(25)19(24)16-9-3-2-4-10-16/h2-13,19,24H,14H2,1H3,(H,23,25)/t19-/m1/s1. The van der Waals surface area contributed by atoms with Crippen molar-refractivity contribution in [2.24, 2.45) is 0 Å². The Kier molecular flexibility index (Phi) is 5.61. The quantitative estimate of drug-likeness (QED) is 0.715. The third-order valence-corrected chi connectivity index (χ3v) is 3.97. The molecule has 3 rings (SSSR count). The van der Waals surface area contributed by atoms with E-state index in [-0.39, 0.29) is 6.54 Å². The van der Waals surface area contributed by atoms with Gasteiger partial charge in [-0.25, -0.2) is 4.98 Å². The van der Waals surface area contributed by atoms with Gasteiger partial charge in [-0.15, -0.1) is 0 Å². The average molecular weight is 348 g/mol. The van der Waals surface area contributed by atoms with Gasteiger partial charge >= 0.3 is 0 Å². The normalized spacial score (nSPS) is 11.6. The molecule has 1 aromatic heterocycles. The van der Waals surface area contributed by atoms with Crippen molar-refractivity contribution in [2.75, 3.05) is 0 Å². The highest BCUT2D eigenvalue weighted by Gasteiger charge is 2.17. The molecule has 1 amide bonds. The Morgan fingerprint density at radius 2 is 1.81 bits per heavy atom. The maximum atomic E-state index is 12.2. The molecule has 0 aliphatic heterocycles. The van der Waals surface area contributed by atoms with Crippen LogP contribution < -0.4 is 10.1 Å². The highest BCUT2D eigenvalue weighted by Crippen LogP contribution is 2.25. The predicted octanol–water partition coefficient (Wildman–Crippen LogP) is 3.53. The van der Waals surface area contributed by atoms with E-state index in [2.05, 4.69) is 10.3 Å². The molecule has 5 heteroatoms. The molecule has 0 spiro atoms. The van der Waals surface area contributed by atoms with E-state index in [1.54, 1.807) is 36.5 Å². The number of pyridine rings is 1. The highest BCUT2D eigenvalue weighted by molar-refractivity contribution is 5.81. The van der Waals surface area contributed by atoms with E-state index in [1.807, 2.05) is 43.3 Å². The SMILES string of the molecule is Cc1ccccc1Oc1ncccc1CNC(=O)[C@H](O)c1ccccc1. The molecular formula is C21H20N2O3. The van der Waals surface area contributed by atoms with Crippen molar-refractivity contribution in [3.63, 3.8) is 0 Å². The number of aliphatic hydroxyl groups excluding tert-OH is 1. The van der Waals surface area contributed by atoms with Crippen LogP contribution in [0.25, 0.3) is 0 Å². The van der Waals surface area contributed by atoms with Crippen LogP contribution in [0.15, 0.2) is 72.9 Å². The lowest BCUT2D eigenvalue weighted by Crippen LogP contribution is -2.29. The van der Waals surface area contributed by atoms with Crippen LogP contribution in [0.5, 0.6) is 11.6 Å². The number of aliphatic hydroxyl groups is 1.